The van der Waals surface area contributed by atoms with Gasteiger partial charge in [-0.15, -0.1) is 0 Å². The molecule has 1 aliphatic heterocycles. The largest absolute Gasteiger partial charge is 0.394 e. The molecule has 6 heteroatoms. The first-order valence-electron chi connectivity index (χ1n) is 16.5. The lowest BCUT2D eigenvalue weighted by Gasteiger charge is -2.63. The van der Waals surface area contributed by atoms with Crippen LogP contribution < -0.4 is 0 Å². The summed E-state index contributed by atoms with van der Waals surface area (Å²) >= 11 is 0. The van der Waals surface area contributed by atoms with Crippen LogP contribution in [0.2, 0.25) is 0 Å². The zero-order valence-electron chi connectivity index (χ0n) is 25.3. The van der Waals surface area contributed by atoms with Crippen LogP contribution in [0.15, 0.2) is 0 Å². The number of ether oxygens (including phenoxy) is 2. The van der Waals surface area contributed by atoms with Crippen LogP contribution in [0.3, 0.4) is 0 Å². The normalized spacial score (nSPS) is 50.8. The molecule has 0 aromatic rings. The van der Waals surface area contributed by atoms with E-state index in [-0.39, 0.29) is 11.5 Å². The Balaban J connectivity index is 1.34. The molecule has 4 N–H and O–H groups in total. The Labute approximate surface area is 237 Å². The Morgan fingerprint density at radius 3 is 2.36 bits per heavy atom. The molecule has 4 saturated carbocycles. The van der Waals surface area contributed by atoms with E-state index in [0.717, 1.165) is 42.4 Å². The van der Waals surface area contributed by atoms with E-state index in [4.69, 9.17) is 9.47 Å². The van der Waals surface area contributed by atoms with Gasteiger partial charge in [0.15, 0.2) is 6.29 Å². The third-order valence-corrected chi connectivity index (χ3v) is 13.0. The molecule has 5 aliphatic rings. The fraction of sp³-hybridized carbons (Fsp3) is 1.00. The SMILES string of the molecule is CC(C)CCC[C@@H](C)[C@H]1CC[C@H]2[C@@H]3CCC4CCCC(O[C@@H]5[C@H](O)[C@@H](O)O[C@H](CO)[C@H]5O)[C@]4(C)[C@H]3CC[C@]12C. The number of aliphatic hydroxyl groups is 4. The van der Waals surface area contributed by atoms with E-state index in [2.05, 4.69) is 34.6 Å². The summed E-state index contributed by atoms with van der Waals surface area (Å²) in [5, 5.41) is 41.6. The van der Waals surface area contributed by atoms with E-state index in [9.17, 15) is 20.4 Å². The van der Waals surface area contributed by atoms with E-state index < -0.39 is 37.3 Å². The van der Waals surface area contributed by atoms with Crippen molar-refractivity contribution in [1.29, 1.82) is 0 Å². The molecule has 0 spiro atoms. The number of rotatable bonds is 8. The molecule has 5 rings (SSSR count). The Bertz CT molecular complexity index is 820. The predicted octanol–water partition coefficient (Wildman–Crippen LogP) is 5.29. The molecule has 226 valence electrons. The highest BCUT2D eigenvalue weighted by molar-refractivity contribution is 5.11. The summed E-state index contributed by atoms with van der Waals surface area (Å²) in [7, 11) is 0. The van der Waals surface area contributed by atoms with Gasteiger partial charge in [0.05, 0.1) is 12.7 Å². The molecule has 2 unspecified atom stereocenters. The molecule has 14 atom stereocenters. The van der Waals surface area contributed by atoms with Crippen molar-refractivity contribution in [3.8, 4) is 0 Å². The quantitative estimate of drug-likeness (QED) is 0.328. The van der Waals surface area contributed by atoms with Crippen molar-refractivity contribution in [2.75, 3.05) is 6.61 Å². The van der Waals surface area contributed by atoms with Crippen molar-refractivity contribution < 1.29 is 29.9 Å². The molecule has 0 radical (unpaired) electrons. The van der Waals surface area contributed by atoms with Crippen molar-refractivity contribution in [3.63, 3.8) is 0 Å². The lowest BCUT2D eigenvalue weighted by molar-refractivity contribution is -0.313. The van der Waals surface area contributed by atoms with Crippen LogP contribution in [-0.4, -0.2) is 63.8 Å². The predicted molar refractivity (Wildman–Crippen MR) is 152 cm³/mol. The zero-order chi connectivity index (χ0) is 28.1. The lowest BCUT2D eigenvalue weighted by atomic mass is 9.44. The Morgan fingerprint density at radius 1 is 0.872 bits per heavy atom. The molecule has 0 amide bonds. The van der Waals surface area contributed by atoms with E-state index in [1.807, 2.05) is 0 Å². The molecule has 5 fully saturated rings. The number of hydrogen-bond acceptors (Lipinski definition) is 6. The monoisotopic (exact) mass is 550 g/mol. The van der Waals surface area contributed by atoms with Crippen LogP contribution in [0.4, 0.5) is 0 Å². The maximum absolute atomic E-state index is 10.9. The first-order chi connectivity index (χ1) is 18.5. The third-order valence-electron chi connectivity index (χ3n) is 13.0. The van der Waals surface area contributed by atoms with Gasteiger partial charge in [-0.05, 0) is 104 Å². The maximum Gasteiger partial charge on any atom is 0.184 e. The van der Waals surface area contributed by atoms with E-state index >= 15 is 0 Å². The van der Waals surface area contributed by atoms with Gasteiger partial charge in [0.1, 0.15) is 24.4 Å². The highest BCUT2D eigenvalue weighted by Crippen LogP contribution is 2.68. The average molecular weight is 551 g/mol. The fourth-order valence-electron chi connectivity index (χ4n) is 10.9. The van der Waals surface area contributed by atoms with Crippen LogP contribution in [0, 0.1) is 52.3 Å². The first-order valence-corrected chi connectivity index (χ1v) is 16.5. The summed E-state index contributed by atoms with van der Waals surface area (Å²) in [5.74, 6) is 5.14. The molecule has 1 heterocycles. The van der Waals surface area contributed by atoms with Gasteiger partial charge in [-0.2, -0.15) is 0 Å². The molecule has 6 nitrogen and oxygen atoms in total. The van der Waals surface area contributed by atoms with Gasteiger partial charge < -0.3 is 29.9 Å². The highest BCUT2D eigenvalue weighted by atomic mass is 16.6. The topological polar surface area (TPSA) is 99.4 Å². The van der Waals surface area contributed by atoms with Crippen LogP contribution in [0.25, 0.3) is 0 Å². The summed E-state index contributed by atoms with van der Waals surface area (Å²) in [6, 6.07) is 0. The summed E-state index contributed by atoms with van der Waals surface area (Å²) in [6.07, 6.45) is 9.28. The average Bonchev–Trinajstić information content (AvgIpc) is 3.26. The molecule has 4 aliphatic carbocycles. The minimum Gasteiger partial charge on any atom is -0.394 e. The maximum atomic E-state index is 10.9. The Morgan fingerprint density at radius 2 is 1.64 bits per heavy atom. The number of hydrogen-bond donors (Lipinski definition) is 4. The van der Waals surface area contributed by atoms with Crippen molar-refractivity contribution in [2.45, 2.75) is 148 Å². The fourth-order valence-corrected chi connectivity index (χ4v) is 10.9. The summed E-state index contributed by atoms with van der Waals surface area (Å²) in [4.78, 5) is 0. The molecular formula is C33H58O6. The van der Waals surface area contributed by atoms with Gasteiger partial charge in [0, 0.05) is 0 Å². The van der Waals surface area contributed by atoms with Crippen LogP contribution in [0.1, 0.15) is 112 Å². The van der Waals surface area contributed by atoms with Gasteiger partial charge in [-0.3, -0.25) is 0 Å². The molecule has 0 bridgehead atoms. The zero-order valence-corrected chi connectivity index (χ0v) is 25.3. The van der Waals surface area contributed by atoms with Crippen molar-refractivity contribution in [2.24, 2.45) is 52.3 Å². The lowest BCUT2D eigenvalue weighted by Crippen LogP contribution is -2.63. The van der Waals surface area contributed by atoms with E-state index in [0.29, 0.717) is 17.3 Å². The molecular weight excluding hydrogens is 492 g/mol. The van der Waals surface area contributed by atoms with Crippen LogP contribution in [-0.2, 0) is 9.47 Å². The third kappa shape index (κ3) is 5.27. The van der Waals surface area contributed by atoms with Crippen molar-refractivity contribution in [3.05, 3.63) is 0 Å². The van der Waals surface area contributed by atoms with Crippen LogP contribution in [0.5, 0.6) is 0 Å². The van der Waals surface area contributed by atoms with Gasteiger partial charge >= 0.3 is 0 Å². The molecule has 0 aromatic carbocycles. The smallest absolute Gasteiger partial charge is 0.184 e. The van der Waals surface area contributed by atoms with Crippen molar-refractivity contribution >= 4 is 0 Å². The molecule has 1 saturated heterocycles. The van der Waals surface area contributed by atoms with Crippen molar-refractivity contribution in [1.82, 2.24) is 0 Å². The van der Waals surface area contributed by atoms with E-state index in [1.54, 1.807) is 0 Å². The second-order valence-electron chi connectivity index (χ2n) is 15.3. The Kier molecular flexibility index (Phi) is 9.14. The minimum absolute atomic E-state index is 0.000865. The second-order valence-corrected chi connectivity index (χ2v) is 15.3. The molecule has 0 aromatic heterocycles. The molecule has 39 heavy (non-hydrogen) atoms. The van der Waals surface area contributed by atoms with Gasteiger partial charge in [0.25, 0.3) is 0 Å². The highest BCUT2D eigenvalue weighted by Gasteiger charge is 2.63. The summed E-state index contributed by atoms with van der Waals surface area (Å²) in [5.41, 5.74) is 0.444. The standard InChI is InChI=1S/C33H58O6/c1-19(2)8-6-9-20(3)23-14-15-24-22-13-12-21-10-7-11-27(33(21,5)25(22)16-17-32(23,24)4)39-30-28(35)26(18-34)38-31(37)29(30)36/h19-31,34-37H,6-18H2,1-5H3/t20-,21?,22+,23-,24+,25+,26-,27?,28-,29+,30+,31+,32-,33+/m1/s1. The minimum atomic E-state index is -1.46. The summed E-state index contributed by atoms with van der Waals surface area (Å²) in [6.45, 7) is 11.9. The van der Waals surface area contributed by atoms with Gasteiger partial charge in [-0.25, -0.2) is 0 Å². The van der Waals surface area contributed by atoms with Crippen LogP contribution >= 0.6 is 0 Å². The van der Waals surface area contributed by atoms with Gasteiger partial charge in [-0.1, -0.05) is 60.3 Å². The Hall–Kier alpha value is -0.240. The summed E-state index contributed by atoms with van der Waals surface area (Å²) < 4.78 is 11.9. The van der Waals surface area contributed by atoms with E-state index in [1.165, 1.54) is 64.2 Å². The number of aliphatic hydroxyl groups excluding tert-OH is 4. The van der Waals surface area contributed by atoms with Gasteiger partial charge in [0.2, 0.25) is 0 Å². The first kappa shape index (κ1) is 30.2. The number of fused-ring (bicyclic) bond motifs is 5. The second kappa shape index (κ2) is 11.8.